The van der Waals surface area contributed by atoms with Gasteiger partial charge in [0, 0.05) is 6.20 Å². The van der Waals surface area contributed by atoms with Crippen LogP contribution in [0.4, 0.5) is 5.69 Å². The summed E-state index contributed by atoms with van der Waals surface area (Å²) in [7, 11) is 0. The highest BCUT2D eigenvalue weighted by Gasteiger charge is 2.07. The number of hydrogen-bond donors (Lipinski definition) is 1. The Hall–Kier alpha value is -3.57. The number of nitrogens with one attached hydrogen (secondary N) is 1. The molecular formula is C17H11N5. The van der Waals surface area contributed by atoms with Gasteiger partial charge >= 0.3 is 0 Å². The highest BCUT2D eigenvalue weighted by atomic mass is 15.1. The Morgan fingerprint density at radius 2 is 1.77 bits per heavy atom. The van der Waals surface area contributed by atoms with E-state index in [0.29, 0.717) is 0 Å². The Labute approximate surface area is 127 Å². The summed E-state index contributed by atoms with van der Waals surface area (Å²) in [5, 5.41) is 20.6. The SMILES string of the molecule is N#CC(C#N)=CNc1ccccc1-n1cnc2ccccc21. The van der Waals surface area contributed by atoms with Crippen LogP contribution in [0.3, 0.4) is 0 Å². The number of aromatic nitrogens is 2. The molecule has 0 aliphatic heterocycles. The molecule has 3 aromatic rings. The Morgan fingerprint density at radius 3 is 2.59 bits per heavy atom. The maximum absolute atomic E-state index is 8.80. The summed E-state index contributed by atoms with van der Waals surface area (Å²) < 4.78 is 1.96. The molecule has 0 fully saturated rings. The summed E-state index contributed by atoms with van der Waals surface area (Å²) in [6.45, 7) is 0. The molecule has 0 unspecified atom stereocenters. The van der Waals surface area contributed by atoms with Crippen LogP contribution in [-0.4, -0.2) is 9.55 Å². The van der Waals surface area contributed by atoms with Crippen LogP contribution in [0.15, 0.2) is 66.6 Å². The van der Waals surface area contributed by atoms with Crippen LogP contribution in [0, 0.1) is 22.7 Å². The zero-order valence-electron chi connectivity index (χ0n) is 11.6. The van der Waals surface area contributed by atoms with E-state index in [1.165, 1.54) is 6.20 Å². The first-order valence-electron chi connectivity index (χ1n) is 6.62. The number of benzene rings is 2. The quantitative estimate of drug-likeness (QED) is 0.748. The summed E-state index contributed by atoms with van der Waals surface area (Å²) in [4.78, 5) is 4.38. The van der Waals surface area contributed by atoms with Gasteiger partial charge in [0.1, 0.15) is 24.0 Å². The van der Waals surface area contributed by atoms with E-state index in [2.05, 4.69) is 10.3 Å². The third-order valence-electron chi connectivity index (χ3n) is 3.23. The number of allylic oxidation sites excluding steroid dienone is 1. The van der Waals surface area contributed by atoms with Crippen molar-refractivity contribution in [3.05, 3.63) is 66.6 Å². The summed E-state index contributed by atoms with van der Waals surface area (Å²) in [5.74, 6) is 0. The molecule has 0 amide bonds. The van der Waals surface area contributed by atoms with Gasteiger partial charge in [-0.05, 0) is 24.3 Å². The fourth-order valence-corrected chi connectivity index (χ4v) is 2.20. The van der Waals surface area contributed by atoms with Crippen molar-refractivity contribution >= 4 is 16.7 Å². The molecule has 1 N–H and O–H groups in total. The number of para-hydroxylation sites is 4. The molecule has 1 aromatic heterocycles. The molecule has 0 saturated heterocycles. The van der Waals surface area contributed by atoms with Crippen LogP contribution < -0.4 is 5.32 Å². The molecule has 0 aliphatic carbocycles. The first kappa shape index (κ1) is 13.4. The molecule has 0 aliphatic rings. The lowest BCUT2D eigenvalue weighted by atomic mass is 10.2. The summed E-state index contributed by atoms with van der Waals surface area (Å²) in [6.07, 6.45) is 3.16. The van der Waals surface area contributed by atoms with Crippen molar-refractivity contribution in [1.82, 2.24) is 9.55 Å². The van der Waals surface area contributed by atoms with Gasteiger partial charge < -0.3 is 5.32 Å². The Morgan fingerprint density at radius 1 is 1.05 bits per heavy atom. The van der Waals surface area contributed by atoms with Gasteiger partial charge in [-0.15, -0.1) is 0 Å². The van der Waals surface area contributed by atoms with Crippen LogP contribution in [0.25, 0.3) is 16.7 Å². The fraction of sp³-hybridized carbons (Fsp3) is 0. The summed E-state index contributed by atoms with van der Waals surface area (Å²) in [6, 6.07) is 19.1. The monoisotopic (exact) mass is 285 g/mol. The molecule has 104 valence electrons. The number of nitriles is 2. The van der Waals surface area contributed by atoms with Crippen LogP contribution >= 0.6 is 0 Å². The smallest absolute Gasteiger partial charge is 0.145 e. The van der Waals surface area contributed by atoms with E-state index < -0.39 is 0 Å². The van der Waals surface area contributed by atoms with E-state index in [1.807, 2.05) is 65.2 Å². The Bertz CT molecular complexity index is 921. The van der Waals surface area contributed by atoms with Crippen LogP contribution in [0.2, 0.25) is 0 Å². The van der Waals surface area contributed by atoms with Crippen molar-refractivity contribution in [2.24, 2.45) is 0 Å². The minimum Gasteiger partial charge on any atom is -0.358 e. The molecule has 0 radical (unpaired) electrons. The van der Waals surface area contributed by atoms with E-state index >= 15 is 0 Å². The minimum atomic E-state index is 0.0188. The number of rotatable bonds is 3. The highest BCUT2D eigenvalue weighted by Crippen LogP contribution is 2.24. The molecule has 2 aromatic carbocycles. The largest absolute Gasteiger partial charge is 0.358 e. The van der Waals surface area contributed by atoms with E-state index in [9.17, 15) is 0 Å². The molecule has 0 atom stereocenters. The topological polar surface area (TPSA) is 77.4 Å². The van der Waals surface area contributed by atoms with E-state index in [0.717, 1.165) is 22.4 Å². The van der Waals surface area contributed by atoms with Crippen molar-refractivity contribution in [3.63, 3.8) is 0 Å². The van der Waals surface area contributed by atoms with Crippen LogP contribution in [-0.2, 0) is 0 Å². The number of fused-ring (bicyclic) bond motifs is 1. The molecule has 0 spiro atoms. The lowest BCUT2D eigenvalue weighted by molar-refractivity contribution is 1.09. The second kappa shape index (κ2) is 5.82. The zero-order chi connectivity index (χ0) is 15.4. The molecule has 5 nitrogen and oxygen atoms in total. The lowest BCUT2D eigenvalue weighted by Gasteiger charge is -2.10. The molecular weight excluding hydrogens is 274 g/mol. The third kappa shape index (κ3) is 2.39. The van der Waals surface area contributed by atoms with Gasteiger partial charge in [0.05, 0.1) is 22.4 Å². The number of imidazole rings is 1. The predicted octanol–water partition coefficient (Wildman–Crippen LogP) is 3.37. The maximum Gasteiger partial charge on any atom is 0.145 e. The Balaban J connectivity index is 2.08. The third-order valence-corrected chi connectivity index (χ3v) is 3.23. The second-order valence-electron chi connectivity index (χ2n) is 4.55. The number of anilines is 1. The molecule has 1 heterocycles. The summed E-state index contributed by atoms with van der Waals surface area (Å²) in [5.41, 5.74) is 3.59. The van der Waals surface area contributed by atoms with E-state index in [4.69, 9.17) is 10.5 Å². The van der Waals surface area contributed by atoms with Gasteiger partial charge in [0.15, 0.2) is 0 Å². The average molecular weight is 285 g/mol. The molecule has 5 heteroatoms. The summed E-state index contributed by atoms with van der Waals surface area (Å²) >= 11 is 0. The van der Waals surface area contributed by atoms with Crippen molar-refractivity contribution in [2.75, 3.05) is 5.32 Å². The number of hydrogen-bond acceptors (Lipinski definition) is 4. The van der Waals surface area contributed by atoms with Gasteiger partial charge in [-0.3, -0.25) is 4.57 Å². The standard InChI is InChI=1S/C17H11N5/c18-9-13(10-19)11-20-14-5-1-3-7-16(14)22-12-21-15-6-2-4-8-17(15)22/h1-8,11-12,20H. The molecule has 22 heavy (non-hydrogen) atoms. The minimum absolute atomic E-state index is 0.0188. The molecule has 0 saturated carbocycles. The van der Waals surface area contributed by atoms with Crippen LogP contribution in [0.1, 0.15) is 0 Å². The average Bonchev–Trinajstić information content (AvgIpc) is 3.00. The van der Waals surface area contributed by atoms with Crippen molar-refractivity contribution in [1.29, 1.82) is 10.5 Å². The van der Waals surface area contributed by atoms with E-state index in [1.54, 1.807) is 6.33 Å². The lowest BCUT2D eigenvalue weighted by Crippen LogP contribution is -1.99. The van der Waals surface area contributed by atoms with Crippen molar-refractivity contribution in [3.8, 4) is 17.8 Å². The van der Waals surface area contributed by atoms with Crippen molar-refractivity contribution in [2.45, 2.75) is 0 Å². The van der Waals surface area contributed by atoms with Gasteiger partial charge in [0.2, 0.25) is 0 Å². The van der Waals surface area contributed by atoms with Gasteiger partial charge in [-0.1, -0.05) is 24.3 Å². The number of nitrogens with zero attached hydrogens (tertiary/aromatic N) is 4. The molecule has 3 rings (SSSR count). The van der Waals surface area contributed by atoms with Crippen molar-refractivity contribution < 1.29 is 0 Å². The van der Waals surface area contributed by atoms with Gasteiger partial charge in [-0.25, -0.2) is 4.98 Å². The molecule has 0 bridgehead atoms. The first-order valence-corrected chi connectivity index (χ1v) is 6.62. The van der Waals surface area contributed by atoms with Gasteiger partial charge in [0.25, 0.3) is 0 Å². The van der Waals surface area contributed by atoms with Crippen LogP contribution in [0.5, 0.6) is 0 Å². The zero-order valence-corrected chi connectivity index (χ0v) is 11.6. The van der Waals surface area contributed by atoms with E-state index in [-0.39, 0.29) is 5.57 Å². The first-order chi connectivity index (χ1) is 10.8. The Kier molecular flexibility index (Phi) is 3.55. The fourth-order valence-electron chi connectivity index (χ4n) is 2.20. The predicted molar refractivity (Wildman–Crippen MR) is 84.0 cm³/mol. The highest BCUT2D eigenvalue weighted by molar-refractivity contribution is 5.79. The second-order valence-corrected chi connectivity index (χ2v) is 4.55. The van der Waals surface area contributed by atoms with Gasteiger partial charge in [-0.2, -0.15) is 10.5 Å². The normalized spacial score (nSPS) is 9.73. The maximum atomic E-state index is 8.80.